The van der Waals surface area contributed by atoms with E-state index in [0.717, 1.165) is 29.1 Å². The predicted molar refractivity (Wildman–Crippen MR) is 70.5 cm³/mol. The molecule has 0 aliphatic carbocycles. The van der Waals surface area contributed by atoms with E-state index >= 15 is 0 Å². The molecule has 0 aliphatic heterocycles. The van der Waals surface area contributed by atoms with Crippen molar-refractivity contribution in [3.63, 3.8) is 0 Å². The van der Waals surface area contributed by atoms with Gasteiger partial charge >= 0.3 is 0 Å². The number of rotatable bonds is 6. The van der Waals surface area contributed by atoms with Gasteiger partial charge in [-0.05, 0) is 19.9 Å². The lowest BCUT2D eigenvalue weighted by atomic mass is 10.1. The molecule has 0 spiro atoms. The van der Waals surface area contributed by atoms with Crippen LogP contribution in [0.5, 0.6) is 11.5 Å². The molecule has 94 valence electrons. The van der Waals surface area contributed by atoms with E-state index in [4.69, 9.17) is 15.2 Å². The minimum atomic E-state index is -0.0549. The van der Waals surface area contributed by atoms with Crippen molar-refractivity contribution in [2.45, 2.75) is 26.3 Å². The van der Waals surface area contributed by atoms with Gasteiger partial charge in [0.05, 0.1) is 13.7 Å². The summed E-state index contributed by atoms with van der Waals surface area (Å²) in [5.41, 5.74) is 8.00. The lowest BCUT2D eigenvalue weighted by Gasteiger charge is -2.15. The molecular formula is C14H21NO2. The first-order chi connectivity index (χ1) is 8.04. The Morgan fingerprint density at radius 1 is 1.47 bits per heavy atom. The van der Waals surface area contributed by atoms with Gasteiger partial charge in [0.2, 0.25) is 0 Å². The minimum Gasteiger partial charge on any atom is -0.497 e. The van der Waals surface area contributed by atoms with Crippen LogP contribution >= 0.6 is 0 Å². The fraction of sp³-hybridized carbons (Fsp3) is 0.429. The van der Waals surface area contributed by atoms with Crippen LogP contribution in [-0.2, 0) is 0 Å². The zero-order valence-corrected chi connectivity index (χ0v) is 10.8. The zero-order valence-electron chi connectivity index (χ0n) is 10.8. The van der Waals surface area contributed by atoms with E-state index in [1.54, 1.807) is 7.11 Å². The second kappa shape index (κ2) is 6.30. The van der Waals surface area contributed by atoms with Gasteiger partial charge in [-0.3, -0.25) is 0 Å². The third-order valence-electron chi connectivity index (χ3n) is 2.50. The van der Waals surface area contributed by atoms with Crippen LogP contribution in [0, 0.1) is 0 Å². The molecule has 3 nitrogen and oxygen atoms in total. The van der Waals surface area contributed by atoms with E-state index in [1.165, 1.54) is 0 Å². The van der Waals surface area contributed by atoms with Crippen molar-refractivity contribution in [2.24, 2.45) is 5.73 Å². The first-order valence-electron chi connectivity index (χ1n) is 5.75. The van der Waals surface area contributed by atoms with Crippen LogP contribution in [0.1, 0.15) is 31.9 Å². The van der Waals surface area contributed by atoms with Crippen molar-refractivity contribution in [3.05, 3.63) is 35.9 Å². The van der Waals surface area contributed by atoms with Gasteiger partial charge in [0.1, 0.15) is 11.5 Å². The van der Waals surface area contributed by atoms with E-state index in [1.807, 2.05) is 32.0 Å². The average molecular weight is 235 g/mol. The van der Waals surface area contributed by atoms with Gasteiger partial charge in [-0.2, -0.15) is 0 Å². The molecule has 2 N–H and O–H groups in total. The maximum absolute atomic E-state index is 5.90. The fourth-order valence-electron chi connectivity index (χ4n) is 1.48. The zero-order chi connectivity index (χ0) is 12.8. The van der Waals surface area contributed by atoms with Crippen molar-refractivity contribution in [1.82, 2.24) is 0 Å². The third kappa shape index (κ3) is 4.11. The summed E-state index contributed by atoms with van der Waals surface area (Å²) in [5, 5.41) is 0. The predicted octanol–water partition coefficient (Wildman–Crippen LogP) is 3.06. The molecule has 0 aliphatic rings. The molecule has 0 saturated heterocycles. The van der Waals surface area contributed by atoms with Crippen LogP contribution < -0.4 is 15.2 Å². The van der Waals surface area contributed by atoms with E-state index in [-0.39, 0.29) is 6.04 Å². The summed E-state index contributed by atoms with van der Waals surface area (Å²) in [6.45, 7) is 8.39. The van der Waals surface area contributed by atoms with Gasteiger partial charge in [-0.1, -0.05) is 11.6 Å². The number of ether oxygens (including phenoxy) is 2. The van der Waals surface area contributed by atoms with Gasteiger partial charge in [0.15, 0.2) is 0 Å². The fourth-order valence-corrected chi connectivity index (χ4v) is 1.48. The minimum absolute atomic E-state index is 0.0549. The molecule has 1 aromatic carbocycles. The maximum atomic E-state index is 5.90. The summed E-state index contributed by atoms with van der Waals surface area (Å²) in [5.74, 6) is 1.57. The molecule has 1 rings (SSSR count). The van der Waals surface area contributed by atoms with Gasteiger partial charge in [0, 0.05) is 24.1 Å². The summed E-state index contributed by atoms with van der Waals surface area (Å²) in [4.78, 5) is 0. The van der Waals surface area contributed by atoms with Crippen molar-refractivity contribution < 1.29 is 9.47 Å². The first kappa shape index (κ1) is 13.6. The molecule has 1 atom stereocenters. The van der Waals surface area contributed by atoms with Crippen molar-refractivity contribution in [1.29, 1.82) is 0 Å². The molecule has 0 radical (unpaired) electrons. The summed E-state index contributed by atoms with van der Waals surface area (Å²) >= 11 is 0. The Morgan fingerprint density at radius 3 is 2.71 bits per heavy atom. The van der Waals surface area contributed by atoms with E-state index in [2.05, 4.69) is 6.58 Å². The molecule has 0 heterocycles. The lowest BCUT2D eigenvalue weighted by Crippen LogP contribution is -2.09. The lowest BCUT2D eigenvalue weighted by molar-refractivity contribution is 0.314. The molecule has 1 aromatic rings. The molecule has 0 bridgehead atoms. The van der Waals surface area contributed by atoms with Crippen molar-refractivity contribution in [3.8, 4) is 11.5 Å². The highest BCUT2D eigenvalue weighted by Crippen LogP contribution is 2.28. The second-order valence-electron chi connectivity index (χ2n) is 4.25. The Labute approximate surface area is 103 Å². The molecule has 3 heteroatoms. The second-order valence-corrected chi connectivity index (χ2v) is 4.25. The van der Waals surface area contributed by atoms with Gasteiger partial charge < -0.3 is 15.2 Å². The number of nitrogens with two attached hydrogens (primary N) is 1. The van der Waals surface area contributed by atoms with Crippen molar-refractivity contribution >= 4 is 0 Å². The Balaban J connectivity index is 2.81. The van der Waals surface area contributed by atoms with E-state index in [0.29, 0.717) is 6.61 Å². The Hall–Kier alpha value is -1.48. The Morgan fingerprint density at radius 2 is 2.18 bits per heavy atom. The normalized spacial score (nSPS) is 12.0. The Kier molecular flexibility index (Phi) is 5.04. The van der Waals surface area contributed by atoms with Gasteiger partial charge in [-0.25, -0.2) is 0 Å². The SMILES string of the molecule is C=C(C)CCOc1cc(OC)ccc1C(C)N. The average Bonchev–Trinajstić information content (AvgIpc) is 2.28. The smallest absolute Gasteiger partial charge is 0.127 e. The van der Waals surface area contributed by atoms with Crippen LogP contribution in [0.3, 0.4) is 0 Å². The summed E-state index contributed by atoms with van der Waals surface area (Å²) < 4.78 is 10.9. The number of hydrogen-bond donors (Lipinski definition) is 1. The topological polar surface area (TPSA) is 44.5 Å². The maximum Gasteiger partial charge on any atom is 0.127 e. The molecule has 1 unspecified atom stereocenters. The Bertz CT molecular complexity index is 386. The van der Waals surface area contributed by atoms with Gasteiger partial charge in [0.25, 0.3) is 0 Å². The largest absolute Gasteiger partial charge is 0.497 e. The highest BCUT2D eigenvalue weighted by atomic mass is 16.5. The van der Waals surface area contributed by atoms with Crippen LogP contribution in [0.25, 0.3) is 0 Å². The molecular weight excluding hydrogens is 214 g/mol. The number of hydrogen-bond acceptors (Lipinski definition) is 3. The van der Waals surface area contributed by atoms with Crippen LogP contribution in [0.2, 0.25) is 0 Å². The molecule has 0 amide bonds. The molecule has 0 aromatic heterocycles. The van der Waals surface area contributed by atoms with E-state index in [9.17, 15) is 0 Å². The monoisotopic (exact) mass is 235 g/mol. The van der Waals surface area contributed by atoms with Crippen LogP contribution in [0.4, 0.5) is 0 Å². The highest BCUT2D eigenvalue weighted by molar-refractivity contribution is 5.42. The molecule has 17 heavy (non-hydrogen) atoms. The first-order valence-corrected chi connectivity index (χ1v) is 5.75. The number of methoxy groups -OCH3 is 1. The van der Waals surface area contributed by atoms with Crippen molar-refractivity contribution in [2.75, 3.05) is 13.7 Å². The third-order valence-corrected chi connectivity index (χ3v) is 2.50. The number of benzene rings is 1. The van der Waals surface area contributed by atoms with Crippen LogP contribution in [0.15, 0.2) is 30.4 Å². The quantitative estimate of drug-likeness (QED) is 0.771. The highest BCUT2D eigenvalue weighted by Gasteiger charge is 2.09. The molecule has 0 fully saturated rings. The summed E-state index contributed by atoms with van der Waals surface area (Å²) in [7, 11) is 1.64. The van der Waals surface area contributed by atoms with E-state index < -0.39 is 0 Å². The van der Waals surface area contributed by atoms with Crippen LogP contribution in [-0.4, -0.2) is 13.7 Å². The summed E-state index contributed by atoms with van der Waals surface area (Å²) in [6, 6.07) is 5.65. The standard InChI is InChI=1S/C14H21NO2/c1-10(2)7-8-17-14-9-12(16-4)5-6-13(14)11(3)15/h5-6,9,11H,1,7-8,15H2,2-4H3. The molecule has 0 saturated carbocycles. The van der Waals surface area contributed by atoms with Gasteiger partial charge in [-0.15, -0.1) is 6.58 Å². The summed E-state index contributed by atoms with van der Waals surface area (Å²) in [6.07, 6.45) is 0.843.